The van der Waals surface area contributed by atoms with Gasteiger partial charge in [0.1, 0.15) is 13.2 Å². The van der Waals surface area contributed by atoms with E-state index in [4.69, 9.17) is 14.2 Å². The van der Waals surface area contributed by atoms with Gasteiger partial charge in [-0.1, -0.05) is 253 Å². The molecule has 412 valence electrons. The van der Waals surface area contributed by atoms with E-state index in [9.17, 15) is 14.4 Å². The zero-order chi connectivity index (χ0) is 52.2. The average Bonchev–Trinajstić information content (AvgIpc) is 3.38. The summed E-state index contributed by atoms with van der Waals surface area (Å²) in [4.78, 5) is 38.0. The Balaban J connectivity index is 4.07. The molecule has 0 heterocycles. The number of carbonyl (C=O) groups is 3. The van der Waals surface area contributed by atoms with E-state index >= 15 is 0 Å². The molecule has 0 fully saturated rings. The monoisotopic (exact) mass is 1000 g/mol. The minimum Gasteiger partial charge on any atom is -0.462 e. The number of hydrogen-bond acceptors (Lipinski definition) is 6. The number of hydrogen-bond donors (Lipinski definition) is 0. The Labute approximate surface area is 445 Å². The molecule has 0 amide bonds. The fourth-order valence-corrected chi connectivity index (χ4v) is 8.25. The second kappa shape index (κ2) is 59.9. The van der Waals surface area contributed by atoms with Crippen molar-refractivity contribution in [1.82, 2.24) is 0 Å². The van der Waals surface area contributed by atoms with Gasteiger partial charge in [0.25, 0.3) is 0 Å². The van der Waals surface area contributed by atoms with Crippen LogP contribution in [0.25, 0.3) is 0 Å². The Kier molecular flexibility index (Phi) is 56.8. The van der Waals surface area contributed by atoms with Gasteiger partial charge in [-0.15, -0.1) is 0 Å². The second-order valence-corrected chi connectivity index (χ2v) is 19.9. The summed E-state index contributed by atoms with van der Waals surface area (Å²) in [6.07, 6.45) is 80.0. The predicted octanol–water partition coefficient (Wildman–Crippen LogP) is 20.5. The van der Waals surface area contributed by atoms with Crippen LogP contribution in [-0.4, -0.2) is 37.2 Å². The minimum absolute atomic E-state index is 0.0819. The van der Waals surface area contributed by atoms with Crippen molar-refractivity contribution in [1.29, 1.82) is 0 Å². The molecular weight excluding hydrogens is 889 g/mol. The van der Waals surface area contributed by atoms with Crippen LogP contribution in [-0.2, 0) is 28.6 Å². The van der Waals surface area contributed by atoms with Crippen LogP contribution in [0.5, 0.6) is 0 Å². The van der Waals surface area contributed by atoms with Crippen molar-refractivity contribution in [2.75, 3.05) is 13.2 Å². The molecule has 0 aromatic rings. The van der Waals surface area contributed by atoms with Crippen molar-refractivity contribution in [2.24, 2.45) is 0 Å². The van der Waals surface area contributed by atoms with Crippen molar-refractivity contribution in [3.8, 4) is 0 Å². The van der Waals surface area contributed by atoms with Gasteiger partial charge in [-0.05, 0) is 109 Å². The lowest BCUT2D eigenvalue weighted by atomic mass is 10.0. The molecule has 0 saturated heterocycles. The normalized spacial score (nSPS) is 12.8. The smallest absolute Gasteiger partial charge is 0.306 e. The maximum atomic E-state index is 12.8. The van der Waals surface area contributed by atoms with Gasteiger partial charge >= 0.3 is 17.9 Å². The fraction of sp³-hybridized carbons (Fsp3) is 0.712. The molecule has 0 saturated carbocycles. The van der Waals surface area contributed by atoms with Crippen LogP contribution < -0.4 is 0 Å². The third kappa shape index (κ3) is 57.2. The summed E-state index contributed by atoms with van der Waals surface area (Å²) in [5.74, 6) is -0.900. The van der Waals surface area contributed by atoms with E-state index in [0.717, 1.165) is 122 Å². The van der Waals surface area contributed by atoms with E-state index < -0.39 is 6.10 Å². The number of rotatable bonds is 54. The highest BCUT2D eigenvalue weighted by Crippen LogP contribution is 2.16. The third-order valence-corrected chi connectivity index (χ3v) is 12.8. The molecule has 0 aliphatic rings. The van der Waals surface area contributed by atoms with E-state index in [1.165, 1.54) is 122 Å². The minimum atomic E-state index is -0.782. The summed E-state index contributed by atoms with van der Waals surface area (Å²) < 4.78 is 16.8. The predicted molar refractivity (Wildman–Crippen MR) is 311 cm³/mol. The lowest BCUT2D eigenvalue weighted by Crippen LogP contribution is -2.30. The number of allylic oxidation sites excluding steroid dienone is 16. The molecule has 0 bridgehead atoms. The number of unbranched alkanes of at least 4 members (excludes halogenated alkanes) is 27. The highest BCUT2D eigenvalue weighted by Gasteiger charge is 2.19. The SMILES string of the molecule is CC/C=C\C/C=C\C/C=C\C/C=C\C/C=C\C/C=C\CCCCCCCCCCCCCCCCC(=O)OCC(COC(=O)CCCCCCC/C=C\CCC)OC(=O)CCCCCCC/C=C\CCCC. The van der Waals surface area contributed by atoms with Crippen LogP contribution in [0.15, 0.2) is 97.2 Å². The van der Waals surface area contributed by atoms with Crippen molar-refractivity contribution >= 4 is 17.9 Å². The van der Waals surface area contributed by atoms with Crippen LogP contribution in [0.2, 0.25) is 0 Å². The largest absolute Gasteiger partial charge is 0.462 e. The molecule has 1 unspecified atom stereocenters. The zero-order valence-electron chi connectivity index (χ0n) is 47.2. The van der Waals surface area contributed by atoms with Crippen LogP contribution in [0.1, 0.15) is 284 Å². The maximum absolute atomic E-state index is 12.8. The Morgan fingerprint density at radius 2 is 0.569 bits per heavy atom. The number of carbonyl (C=O) groups excluding carboxylic acids is 3. The molecule has 0 N–H and O–H groups in total. The van der Waals surface area contributed by atoms with Crippen LogP contribution in [0.3, 0.4) is 0 Å². The molecule has 0 rings (SSSR count). The number of esters is 3. The molecular formula is C66H112O6. The van der Waals surface area contributed by atoms with Crippen molar-refractivity contribution < 1.29 is 28.6 Å². The van der Waals surface area contributed by atoms with Crippen LogP contribution in [0, 0.1) is 0 Å². The van der Waals surface area contributed by atoms with Crippen LogP contribution >= 0.6 is 0 Å². The molecule has 0 aromatic heterocycles. The molecule has 6 heteroatoms. The molecule has 1 atom stereocenters. The lowest BCUT2D eigenvalue weighted by molar-refractivity contribution is -0.167. The standard InChI is InChI=1S/C66H112O6/c1-4-7-10-13-16-19-22-23-24-25-26-27-28-29-30-31-32-33-34-35-36-37-38-39-40-41-42-43-45-47-50-53-56-59-65(68)71-62-63(61-70-64(67)58-55-52-49-46-21-18-15-12-9-6-3)72-66(69)60-57-54-51-48-44-20-17-14-11-8-5-2/h7,10,12,14-17,19,23-24,26-27,29-30,32-33,63H,4-6,8-9,11,13,18,20-22,25,28,31,34-62H2,1-3H3/b10-7-,15-12-,17-14-,19-16-,24-23-,27-26-,30-29-,33-32-. The Hall–Kier alpha value is -3.67. The first-order valence-corrected chi connectivity index (χ1v) is 30.2. The third-order valence-electron chi connectivity index (χ3n) is 12.8. The van der Waals surface area contributed by atoms with Gasteiger partial charge in [0.05, 0.1) is 0 Å². The maximum Gasteiger partial charge on any atom is 0.306 e. The van der Waals surface area contributed by atoms with Gasteiger partial charge in [0.15, 0.2) is 6.10 Å². The summed E-state index contributed by atoms with van der Waals surface area (Å²) in [7, 11) is 0. The van der Waals surface area contributed by atoms with Crippen molar-refractivity contribution in [2.45, 2.75) is 290 Å². The van der Waals surface area contributed by atoms with E-state index in [1.54, 1.807) is 0 Å². The highest BCUT2D eigenvalue weighted by molar-refractivity contribution is 5.71. The van der Waals surface area contributed by atoms with Gasteiger partial charge in [0.2, 0.25) is 0 Å². The van der Waals surface area contributed by atoms with Gasteiger partial charge in [0, 0.05) is 19.3 Å². The second-order valence-electron chi connectivity index (χ2n) is 19.9. The van der Waals surface area contributed by atoms with E-state index in [-0.39, 0.29) is 31.1 Å². The van der Waals surface area contributed by atoms with Crippen molar-refractivity contribution in [3.63, 3.8) is 0 Å². The Bertz CT molecular complexity index is 1430. The molecule has 0 spiro atoms. The molecule has 0 radical (unpaired) electrons. The fourth-order valence-electron chi connectivity index (χ4n) is 8.25. The first-order chi connectivity index (χ1) is 35.5. The van der Waals surface area contributed by atoms with Crippen molar-refractivity contribution in [3.05, 3.63) is 97.2 Å². The first kappa shape index (κ1) is 68.3. The molecule has 72 heavy (non-hydrogen) atoms. The first-order valence-electron chi connectivity index (χ1n) is 30.2. The number of ether oxygens (including phenoxy) is 3. The average molecular weight is 1000 g/mol. The molecule has 0 aliphatic carbocycles. The molecule has 0 aliphatic heterocycles. The van der Waals surface area contributed by atoms with Gasteiger partial charge in [-0.25, -0.2) is 0 Å². The highest BCUT2D eigenvalue weighted by atomic mass is 16.6. The van der Waals surface area contributed by atoms with E-state index in [2.05, 4.69) is 118 Å². The van der Waals surface area contributed by atoms with Gasteiger partial charge in [-0.3, -0.25) is 14.4 Å². The summed E-state index contributed by atoms with van der Waals surface area (Å²) in [6, 6.07) is 0. The Morgan fingerprint density at radius 1 is 0.292 bits per heavy atom. The lowest BCUT2D eigenvalue weighted by Gasteiger charge is -2.18. The molecule has 6 nitrogen and oxygen atoms in total. The zero-order valence-corrected chi connectivity index (χ0v) is 47.2. The summed E-state index contributed by atoms with van der Waals surface area (Å²) >= 11 is 0. The van der Waals surface area contributed by atoms with Gasteiger partial charge < -0.3 is 14.2 Å². The summed E-state index contributed by atoms with van der Waals surface area (Å²) in [5.41, 5.74) is 0. The van der Waals surface area contributed by atoms with Crippen LogP contribution in [0.4, 0.5) is 0 Å². The summed E-state index contributed by atoms with van der Waals surface area (Å²) in [5, 5.41) is 0. The summed E-state index contributed by atoms with van der Waals surface area (Å²) in [6.45, 7) is 6.42. The quantitative estimate of drug-likeness (QED) is 0.0261. The van der Waals surface area contributed by atoms with E-state index in [1.807, 2.05) is 0 Å². The Morgan fingerprint density at radius 3 is 0.917 bits per heavy atom. The topological polar surface area (TPSA) is 78.9 Å². The molecule has 0 aromatic carbocycles. The van der Waals surface area contributed by atoms with Gasteiger partial charge in [-0.2, -0.15) is 0 Å². The van der Waals surface area contributed by atoms with E-state index in [0.29, 0.717) is 19.3 Å².